The Bertz CT molecular complexity index is 471. The van der Waals surface area contributed by atoms with E-state index in [2.05, 4.69) is 17.5 Å². The molecule has 0 spiro atoms. The zero-order chi connectivity index (χ0) is 13.1. The van der Waals surface area contributed by atoms with Crippen molar-refractivity contribution in [3.05, 3.63) is 42.5 Å². The summed E-state index contributed by atoms with van der Waals surface area (Å²) < 4.78 is 12.0. The average Bonchev–Trinajstić information content (AvgIpc) is 3.07. The first-order valence-corrected chi connectivity index (χ1v) is 8.47. The van der Waals surface area contributed by atoms with Crippen molar-refractivity contribution in [3.63, 3.8) is 0 Å². The summed E-state index contributed by atoms with van der Waals surface area (Å²) in [5, 5.41) is 3.49. The van der Waals surface area contributed by atoms with E-state index in [-0.39, 0.29) is 0 Å². The van der Waals surface area contributed by atoms with Crippen molar-refractivity contribution in [1.29, 1.82) is 0 Å². The molecule has 3 rings (SSSR count). The summed E-state index contributed by atoms with van der Waals surface area (Å²) in [5.41, 5.74) is 0. The maximum atomic E-state index is 12.0. The number of hydrogen-bond acceptors (Lipinski definition) is 2. The van der Waals surface area contributed by atoms with Crippen molar-refractivity contribution in [2.75, 3.05) is 18.8 Å². The second kappa shape index (κ2) is 6.02. The summed E-state index contributed by atoms with van der Waals surface area (Å²) in [6.07, 6.45) is 7.48. The largest absolute Gasteiger partial charge is 0.316 e. The van der Waals surface area contributed by atoms with Crippen molar-refractivity contribution in [3.8, 4) is 0 Å². The SMILES string of the molecule is O=[S@](CCNC[C@H]1C[C@H]2C=C[C@H]1C2)c1ccccc1. The molecule has 1 fully saturated rings. The number of nitrogens with one attached hydrogen (secondary N) is 1. The van der Waals surface area contributed by atoms with Gasteiger partial charge < -0.3 is 5.32 Å². The van der Waals surface area contributed by atoms with Gasteiger partial charge in [0.15, 0.2) is 0 Å². The minimum absolute atomic E-state index is 0.709. The number of benzene rings is 1. The normalized spacial score (nSPS) is 29.8. The van der Waals surface area contributed by atoms with E-state index in [4.69, 9.17) is 0 Å². The Morgan fingerprint density at radius 3 is 2.68 bits per heavy atom. The van der Waals surface area contributed by atoms with Crippen LogP contribution in [0.4, 0.5) is 0 Å². The van der Waals surface area contributed by atoms with Crippen LogP contribution in [0.25, 0.3) is 0 Å². The van der Waals surface area contributed by atoms with Crippen LogP contribution in [0, 0.1) is 17.8 Å². The van der Waals surface area contributed by atoms with Crippen LogP contribution in [0.5, 0.6) is 0 Å². The molecule has 0 heterocycles. The Balaban J connectivity index is 1.37. The zero-order valence-corrected chi connectivity index (χ0v) is 11.9. The third kappa shape index (κ3) is 3.15. The highest BCUT2D eigenvalue weighted by Crippen LogP contribution is 2.42. The minimum Gasteiger partial charge on any atom is -0.316 e. The summed E-state index contributed by atoms with van der Waals surface area (Å²) >= 11 is 0. The van der Waals surface area contributed by atoms with Crippen LogP contribution in [0.1, 0.15) is 12.8 Å². The highest BCUT2D eigenvalue weighted by molar-refractivity contribution is 7.85. The summed E-state index contributed by atoms with van der Waals surface area (Å²) in [5.74, 6) is 3.16. The van der Waals surface area contributed by atoms with Gasteiger partial charge in [0.1, 0.15) is 0 Å². The molecule has 19 heavy (non-hydrogen) atoms. The van der Waals surface area contributed by atoms with Crippen LogP contribution in [0.3, 0.4) is 0 Å². The molecule has 0 aliphatic heterocycles. The monoisotopic (exact) mass is 275 g/mol. The molecule has 1 saturated carbocycles. The van der Waals surface area contributed by atoms with Crippen LogP contribution in [-0.4, -0.2) is 23.1 Å². The van der Waals surface area contributed by atoms with E-state index in [9.17, 15) is 4.21 Å². The average molecular weight is 275 g/mol. The van der Waals surface area contributed by atoms with E-state index in [1.165, 1.54) is 12.8 Å². The van der Waals surface area contributed by atoms with Crippen molar-refractivity contribution in [2.45, 2.75) is 17.7 Å². The van der Waals surface area contributed by atoms with Gasteiger partial charge in [0.25, 0.3) is 0 Å². The first-order chi connectivity index (χ1) is 9.33. The Morgan fingerprint density at radius 2 is 2.00 bits per heavy atom. The van der Waals surface area contributed by atoms with E-state index < -0.39 is 10.8 Å². The smallest absolute Gasteiger partial charge is 0.0542 e. The summed E-state index contributed by atoms with van der Waals surface area (Å²) in [7, 11) is -0.865. The molecule has 0 saturated heterocycles. The fraction of sp³-hybridized carbons (Fsp3) is 0.500. The maximum absolute atomic E-state index is 12.0. The van der Waals surface area contributed by atoms with E-state index >= 15 is 0 Å². The molecule has 1 N–H and O–H groups in total. The van der Waals surface area contributed by atoms with Gasteiger partial charge >= 0.3 is 0 Å². The topological polar surface area (TPSA) is 29.1 Å². The van der Waals surface area contributed by atoms with Crippen molar-refractivity contribution in [2.24, 2.45) is 17.8 Å². The fourth-order valence-electron chi connectivity index (χ4n) is 3.27. The van der Waals surface area contributed by atoms with Crippen molar-refractivity contribution in [1.82, 2.24) is 5.32 Å². The Kier molecular flexibility index (Phi) is 4.14. The number of rotatable bonds is 6. The zero-order valence-electron chi connectivity index (χ0n) is 11.1. The summed E-state index contributed by atoms with van der Waals surface area (Å²) in [6, 6.07) is 9.74. The van der Waals surface area contributed by atoms with Crippen LogP contribution < -0.4 is 5.32 Å². The predicted octanol–water partition coefficient (Wildman–Crippen LogP) is 2.60. The second-order valence-corrected chi connectivity index (χ2v) is 7.18. The summed E-state index contributed by atoms with van der Waals surface area (Å²) in [4.78, 5) is 0.937. The third-order valence-corrected chi connectivity index (χ3v) is 5.67. The summed E-state index contributed by atoms with van der Waals surface area (Å²) in [6.45, 7) is 1.93. The van der Waals surface area contributed by atoms with Gasteiger partial charge in [-0.1, -0.05) is 30.4 Å². The first kappa shape index (κ1) is 13.1. The van der Waals surface area contributed by atoms with Crippen LogP contribution in [0.2, 0.25) is 0 Å². The molecular formula is C16H21NOS. The van der Waals surface area contributed by atoms with E-state index in [1.807, 2.05) is 30.3 Å². The first-order valence-electron chi connectivity index (χ1n) is 7.15. The lowest BCUT2D eigenvalue weighted by atomic mass is 9.94. The van der Waals surface area contributed by atoms with Gasteiger partial charge in [-0.3, -0.25) is 4.21 Å². The molecule has 1 aromatic carbocycles. The molecule has 102 valence electrons. The fourth-order valence-corrected chi connectivity index (χ4v) is 4.30. The van der Waals surface area contributed by atoms with Gasteiger partial charge in [-0.2, -0.15) is 0 Å². The van der Waals surface area contributed by atoms with Crippen molar-refractivity contribution < 1.29 is 4.21 Å². The minimum atomic E-state index is -0.865. The van der Waals surface area contributed by atoms with E-state index in [0.29, 0.717) is 5.75 Å². The van der Waals surface area contributed by atoms with Crippen LogP contribution >= 0.6 is 0 Å². The van der Waals surface area contributed by atoms with E-state index in [1.54, 1.807) is 0 Å². The standard InChI is InChI=1S/C16H21NOS/c18-19(16-4-2-1-3-5-16)9-8-17-12-15-11-13-6-7-14(15)10-13/h1-7,13-15,17H,8-12H2/t13-,14-,15+,19+/m0/s1. The van der Waals surface area contributed by atoms with Gasteiger partial charge in [-0.15, -0.1) is 0 Å². The molecule has 0 aromatic heterocycles. The molecule has 2 nitrogen and oxygen atoms in total. The quantitative estimate of drug-likeness (QED) is 0.639. The Labute approximate surface area is 117 Å². The van der Waals surface area contributed by atoms with E-state index in [0.717, 1.165) is 35.7 Å². The molecule has 2 aliphatic rings. The van der Waals surface area contributed by atoms with Gasteiger partial charge in [0, 0.05) is 17.2 Å². The number of hydrogen-bond donors (Lipinski definition) is 1. The Morgan fingerprint density at radius 1 is 1.16 bits per heavy atom. The lowest BCUT2D eigenvalue weighted by Gasteiger charge is -2.18. The molecule has 2 bridgehead atoms. The molecule has 2 aliphatic carbocycles. The van der Waals surface area contributed by atoms with Crippen molar-refractivity contribution >= 4 is 10.8 Å². The molecule has 3 heteroatoms. The molecule has 0 unspecified atom stereocenters. The molecular weight excluding hydrogens is 254 g/mol. The Hall–Kier alpha value is -0.930. The van der Waals surface area contributed by atoms with Crippen LogP contribution in [0.15, 0.2) is 47.4 Å². The number of fused-ring (bicyclic) bond motifs is 2. The third-order valence-electron chi connectivity index (χ3n) is 4.29. The molecule has 1 aromatic rings. The van der Waals surface area contributed by atoms with Gasteiger partial charge in [-0.25, -0.2) is 0 Å². The maximum Gasteiger partial charge on any atom is 0.0542 e. The molecule has 0 amide bonds. The van der Waals surface area contributed by atoms with Gasteiger partial charge in [0.05, 0.1) is 10.8 Å². The van der Waals surface area contributed by atoms with Gasteiger partial charge in [-0.05, 0) is 49.3 Å². The highest BCUT2D eigenvalue weighted by atomic mass is 32.2. The van der Waals surface area contributed by atoms with Crippen LogP contribution in [-0.2, 0) is 10.8 Å². The highest BCUT2D eigenvalue weighted by Gasteiger charge is 2.34. The number of allylic oxidation sites excluding steroid dienone is 2. The molecule has 4 atom stereocenters. The van der Waals surface area contributed by atoms with Gasteiger partial charge in [0.2, 0.25) is 0 Å². The second-order valence-electron chi connectivity index (χ2n) is 5.61. The predicted molar refractivity (Wildman–Crippen MR) is 79.4 cm³/mol. The lowest BCUT2D eigenvalue weighted by molar-refractivity contribution is 0.420. The lowest BCUT2D eigenvalue weighted by Crippen LogP contribution is -2.28. The molecule has 0 radical (unpaired) electrons.